The zero-order valence-electron chi connectivity index (χ0n) is 9.66. The third-order valence-corrected chi connectivity index (χ3v) is 3.28. The number of ether oxygens (including phenoxy) is 1. The van der Waals surface area contributed by atoms with E-state index in [2.05, 4.69) is 4.98 Å². The Morgan fingerprint density at radius 1 is 1.35 bits per heavy atom. The minimum Gasteiger partial charge on any atom is -0.477 e. The molecule has 0 bridgehead atoms. The van der Waals surface area contributed by atoms with Gasteiger partial charge in [-0.05, 0) is 24.8 Å². The summed E-state index contributed by atoms with van der Waals surface area (Å²) >= 11 is 5.81. The molecule has 0 amide bonds. The van der Waals surface area contributed by atoms with Gasteiger partial charge in [-0.1, -0.05) is 30.9 Å². The number of nitriles is 1. The van der Waals surface area contributed by atoms with E-state index in [4.69, 9.17) is 21.6 Å². The molecule has 1 aliphatic rings. The second kappa shape index (κ2) is 5.88. The molecule has 0 radical (unpaired) electrons. The molecule has 0 spiro atoms. The molecule has 3 nitrogen and oxygen atoms in total. The maximum atomic E-state index is 8.81. The van der Waals surface area contributed by atoms with Crippen LogP contribution in [0.3, 0.4) is 0 Å². The van der Waals surface area contributed by atoms with Crippen LogP contribution >= 0.6 is 11.6 Å². The predicted octanol–water partition coefficient (Wildman–Crippen LogP) is 3.57. The first-order valence-electron chi connectivity index (χ1n) is 5.98. The van der Waals surface area contributed by atoms with Gasteiger partial charge < -0.3 is 4.74 Å². The number of hydrogen-bond acceptors (Lipinski definition) is 3. The highest BCUT2D eigenvalue weighted by Gasteiger charge is 2.14. The minimum absolute atomic E-state index is 0.308. The van der Waals surface area contributed by atoms with Gasteiger partial charge >= 0.3 is 0 Å². The molecule has 0 aromatic carbocycles. The van der Waals surface area contributed by atoms with Gasteiger partial charge in [0.2, 0.25) is 5.88 Å². The summed E-state index contributed by atoms with van der Waals surface area (Å²) in [5.41, 5.74) is 0.489. The number of halogens is 1. The Labute approximate surface area is 106 Å². The predicted molar refractivity (Wildman–Crippen MR) is 66.0 cm³/mol. The third kappa shape index (κ3) is 3.61. The highest BCUT2D eigenvalue weighted by atomic mass is 35.5. The summed E-state index contributed by atoms with van der Waals surface area (Å²) < 4.78 is 5.62. The van der Waals surface area contributed by atoms with Gasteiger partial charge in [-0.3, -0.25) is 0 Å². The van der Waals surface area contributed by atoms with Gasteiger partial charge in [-0.2, -0.15) is 5.26 Å². The van der Waals surface area contributed by atoms with E-state index >= 15 is 0 Å². The molecule has 1 aromatic rings. The van der Waals surface area contributed by atoms with E-state index in [1.54, 1.807) is 6.07 Å². The Bertz CT molecular complexity index is 422. The van der Waals surface area contributed by atoms with Crippen LogP contribution in [-0.4, -0.2) is 11.6 Å². The molecular formula is C13H15ClN2O. The first-order valence-corrected chi connectivity index (χ1v) is 6.36. The molecular weight excluding hydrogens is 236 g/mol. The molecule has 0 saturated heterocycles. The van der Waals surface area contributed by atoms with Crippen molar-refractivity contribution in [2.24, 2.45) is 5.92 Å². The lowest BCUT2D eigenvalue weighted by atomic mass is 9.90. The Hall–Kier alpha value is -1.27. The van der Waals surface area contributed by atoms with Crippen molar-refractivity contribution in [2.45, 2.75) is 32.1 Å². The maximum Gasteiger partial charge on any atom is 0.215 e. The largest absolute Gasteiger partial charge is 0.477 e. The summed E-state index contributed by atoms with van der Waals surface area (Å²) in [6, 6.07) is 5.21. The van der Waals surface area contributed by atoms with Gasteiger partial charge in [0.15, 0.2) is 0 Å². The topological polar surface area (TPSA) is 45.9 Å². The van der Waals surface area contributed by atoms with Crippen LogP contribution in [0.2, 0.25) is 5.15 Å². The summed E-state index contributed by atoms with van der Waals surface area (Å²) in [6.45, 7) is 0.679. The molecule has 0 aliphatic heterocycles. The molecule has 1 aromatic heterocycles. The van der Waals surface area contributed by atoms with Gasteiger partial charge in [-0.25, -0.2) is 4.98 Å². The standard InChI is InChI=1S/C13H15ClN2O/c14-12-6-11(8-15)7-13(16-12)17-9-10-4-2-1-3-5-10/h6-7,10H,1-5,9H2. The van der Waals surface area contributed by atoms with Gasteiger partial charge in [-0.15, -0.1) is 0 Å². The lowest BCUT2D eigenvalue weighted by Gasteiger charge is -2.21. The van der Waals surface area contributed by atoms with E-state index < -0.39 is 0 Å². The van der Waals surface area contributed by atoms with Gasteiger partial charge in [0.25, 0.3) is 0 Å². The van der Waals surface area contributed by atoms with E-state index in [0.29, 0.717) is 29.1 Å². The first-order chi connectivity index (χ1) is 8.28. The lowest BCUT2D eigenvalue weighted by Crippen LogP contribution is -2.15. The number of hydrogen-bond donors (Lipinski definition) is 0. The number of rotatable bonds is 3. The molecule has 0 unspecified atom stereocenters. The second-order valence-corrected chi connectivity index (χ2v) is 4.83. The van der Waals surface area contributed by atoms with E-state index in [1.165, 1.54) is 38.2 Å². The maximum absolute atomic E-state index is 8.81. The van der Waals surface area contributed by atoms with Crippen LogP contribution in [-0.2, 0) is 0 Å². The fourth-order valence-corrected chi connectivity index (χ4v) is 2.37. The minimum atomic E-state index is 0.308. The quantitative estimate of drug-likeness (QED) is 0.771. The normalized spacial score (nSPS) is 16.5. The fraction of sp³-hybridized carbons (Fsp3) is 0.538. The van der Waals surface area contributed by atoms with Crippen molar-refractivity contribution in [3.05, 3.63) is 22.8 Å². The van der Waals surface area contributed by atoms with Crippen molar-refractivity contribution in [3.8, 4) is 11.9 Å². The zero-order valence-corrected chi connectivity index (χ0v) is 10.4. The average molecular weight is 251 g/mol. The SMILES string of the molecule is N#Cc1cc(Cl)nc(OCC2CCCCC2)c1. The van der Waals surface area contributed by atoms with E-state index in [0.717, 1.165) is 0 Å². The summed E-state index contributed by atoms with van der Waals surface area (Å²) in [4.78, 5) is 4.06. The van der Waals surface area contributed by atoms with Crippen LogP contribution in [0.4, 0.5) is 0 Å². The van der Waals surface area contributed by atoms with Crippen LogP contribution in [0.5, 0.6) is 5.88 Å². The number of pyridine rings is 1. The van der Waals surface area contributed by atoms with Crippen LogP contribution in [0.15, 0.2) is 12.1 Å². The monoisotopic (exact) mass is 250 g/mol. The highest BCUT2D eigenvalue weighted by molar-refractivity contribution is 6.29. The molecule has 17 heavy (non-hydrogen) atoms. The van der Waals surface area contributed by atoms with Crippen LogP contribution in [0, 0.1) is 17.2 Å². The van der Waals surface area contributed by atoms with Crippen LogP contribution < -0.4 is 4.74 Å². The van der Waals surface area contributed by atoms with Crippen molar-refractivity contribution >= 4 is 11.6 Å². The molecule has 0 atom stereocenters. The van der Waals surface area contributed by atoms with Gasteiger partial charge in [0, 0.05) is 6.07 Å². The molecule has 1 fully saturated rings. The Balaban J connectivity index is 1.94. The molecule has 90 valence electrons. The van der Waals surface area contributed by atoms with Crippen molar-refractivity contribution in [2.75, 3.05) is 6.61 Å². The Morgan fingerprint density at radius 2 is 2.12 bits per heavy atom. The van der Waals surface area contributed by atoms with E-state index in [1.807, 2.05) is 6.07 Å². The van der Waals surface area contributed by atoms with Crippen molar-refractivity contribution < 1.29 is 4.74 Å². The zero-order chi connectivity index (χ0) is 12.1. The summed E-state index contributed by atoms with van der Waals surface area (Å²) in [6.07, 6.45) is 6.38. The van der Waals surface area contributed by atoms with E-state index in [-0.39, 0.29) is 0 Å². The number of aromatic nitrogens is 1. The Morgan fingerprint density at radius 3 is 2.82 bits per heavy atom. The van der Waals surface area contributed by atoms with Crippen molar-refractivity contribution in [1.82, 2.24) is 4.98 Å². The molecule has 0 N–H and O–H groups in total. The van der Waals surface area contributed by atoms with Gasteiger partial charge in [0.1, 0.15) is 5.15 Å². The van der Waals surface area contributed by atoms with Gasteiger partial charge in [0.05, 0.1) is 18.2 Å². The van der Waals surface area contributed by atoms with Crippen molar-refractivity contribution in [1.29, 1.82) is 5.26 Å². The fourth-order valence-electron chi connectivity index (χ4n) is 2.17. The number of nitrogens with zero attached hydrogens (tertiary/aromatic N) is 2. The summed E-state index contributed by atoms with van der Waals surface area (Å²) in [5.74, 6) is 1.08. The van der Waals surface area contributed by atoms with Crippen LogP contribution in [0.1, 0.15) is 37.7 Å². The molecule has 1 heterocycles. The van der Waals surface area contributed by atoms with E-state index in [9.17, 15) is 0 Å². The second-order valence-electron chi connectivity index (χ2n) is 4.44. The molecule has 1 aliphatic carbocycles. The van der Waals surface area contributed by atoms with Crippen LogP contribution in [0.25, 0.3) is 0 Å². The molecule has 1 saturated carbocycles. The average Bonchev–Trinajstić information content (AvgIpc) is 2.37. The smallest absolute Gasteiger partial charge is 0.215 e. The first kappa shape index (κ1) is 12.2. The summed E-state index contributed by atoms with van der Waals surface area (Å²) in [5, 5.41) is 9.12. The Kier molecular flexibility index (Phi) is 4.22. The highest BCUT2D eigenvalue weighted by Crippen LogP contribution is 2.24. The molecule has 2 rings (SSSR count). The van der Waals surface area contributed by atoms with Crippen molar-refractivity contribution in [3.63, 3.8) is 0 Å². The molecule has 4 heteroatoms. The summed E-state index contributed by atoms with van der Waals surface area (Å²) in [7, 11) is 0. The lowest BCUT2D eigenvalue weighted by molar-refractivity contribution is 0.203. The third-order valence-electron chi connectivity index (χ3n) is 3.09.